The molecule has 0 aliphatic rings. The zero-order chi connectivity index (χ0) is 14.5. The van der Waals surface area contributed by atoms with Crippen LogP contribution in [0.25, 0.3) is 10.9 Å². The summed E-state index contributed by atoms with van der Waals surface area (Å²) in [5, 5.41) is 6.55. The molecule has 0 atom stereocenters. The fraction of sp³-hybridized carbons (Fsp3) is 0.333. The molecule has 2 amide bonds. The summed E-state index contributed by atoms with van der Waals surface area (Å²) in [5.74, 6) is -0.228. The van der Waals surface area contributed by atoms with Crippen LogP contribution in [-0.2, 0) is 4.79 Å². The maximum absolute atomic E-state index is 12.1. The summed E-state index contributed by atoms with van der Waals surface area (Å²) >= 11 is 0. The molecular formula is C15H19N3O2. The molecule has 5 nitrogen and oxygen atoms in total. The highest BCUT2D eigenvalue weighted by atomic mass is 16.2. The molecule has 3 N–H and O–H groups in total. The van der Waals surface area contributed by atoms with Gasteiger partial charge in [-0.05, 0) is 26.0 Å². The van der Waals surface area contributed by atoms with E-state index >= 15 is 0 Å². The minimum Gasteiger partial charge on any atom is -0.361 e. The van der Waals surface area contributed by atoms with E-state index in [1.807, 2.05) is 32.0 Å². The number of fused-ring (bicyclic) bond motifs is 1. The number of aromatic amines is 1. The van der Waals surface area contributed by atoms with Crippen molar-refractivity contribution in [2.75, 3.05) is 6.54 Å². The van der Waals surface area contributed by atoms with Crippen LogP contribution in [0, 0.1) is 0 Å². The number of nitrogens with one attached hydrogen (secondary N) is 3. The molecule has 0 bridgehead atoms. The van der Waals surface area contributed by atoms with Crippen LogP contribution in [0.1, 0.15) is 30.6 Å². The summed E-state index contributed by atoms with van der Waals surface area (Å²) in [5.41, 5.74) is 1.41. The van der Waals surface area contributed by atoms with Gasteiger partial charge in [0.2, 0.25) is 5.91 Å². The number of carbonyl (C=O) groups excluding carboxylic acids is 2. The molecular weight excluding hydrogens is 254 g/mol. The van der Waals surface area contributed by atoms with Crippen molar-refractivity contribution in [1.29, 1.82) is 0 Å². The second-order valence-electron chi connectivity index (χ2n) is 4.98. The number of hydrogen-bond acceptors (Lipinski definition) is 2. The fourth-order valence-electron chi connectivity index (χ4n) is 2.05. The van der Waals surface area contributed by atoms with E-state index in [1.54, 1.807) is 12.3 Å². The van der Waals surface area contributed by atoms with Crippen LogP contribution >= 0.6 is 0 Å². The van der Waals surface area contributed by atoms with E-state index in [-0.39, 0.29) is 24.3 Å². The molecule has 1 heterocycles. The van der Waals surface area contributed by atoms with E-state index in [2.05, 4.69) is 15.6 Å². The van der Waals surface area contributed by atoms with E-state index in [0.717, 1.165) is 10.9 Å². The summed E-state index contributed by atoms with van der Waals surface area (Å²) in [6.07, 6.45) is 2.09. The molecule has 0 fully saturated rings. The SMILES string of the molecule is CC(C)NC(=O)CCNC(=O)c1cccc2cc[nH]c12. The van der Waals surface area contributed by atoms with Crippen molar-refractivity contribution in [2.24, 2.45) is 0 Å². The highest BCUT2D eigenvalue weighted by molar-refractivity contribution is 6.05. The van der Waals surface area contributed by atoms with Gasteiger partial charge in [0.25, 0.3) is 5.91 Å². The van der Waals surface area contributed by atoms with E-state index in [4.69, 9.17) is 0 Å². The van der Waals surface area contributed by atoms with Gasteiger partial charge in [-0.3, -0.25) is 9.59 Å². The molecule has 106 valence electrons. The Morgan fingerprint density at radius 2 is 2.05 bits per heavy atom. The number of H-pyrrole nitrogens is 1. The zero-order valence-corrected chi connectivity index (χ0v) is 11.7. The lowest BCUT2D eigenvalue weighted by Crippen LogP contribution is -2.34. The van der Waals surface area contributed by atoms with Gasteiger partial charge in [0, 0.05) is 30.6 Å². The topological polar surface area (TPSA) is 74.0 Å². The van der Waals surface area contributed by atoms with Gasteiger partial charge < -0.3 is 15.6 Å². The van der Waals surface area contributed by atoms with Crippen molar-refractivity contribution < 1.29 is 9.59 Å². The fourth-order valence-corrected chi connectivity index (χ4v) is 2.05. The number of rotatable bonds is 5. The molecule has 0 saturated carbocycles. The molecule has 0 unspecified atom stereocenters. The van der Waals surface area contributed by atoms with Gasteiger partial charge in [0.05, 0.1) is 11.1 Å². The van der Waals surface area contributed by atoms with E-state index in [9.17, 15) is 9.59 Å². The molecule has 0 spiro atoms. The van der Waals surface area contributed by atoms with Crippen molar-refractivity contribution in [1.82, 2.24) is 15.6 Å². The Hall–Kier alpha value is -2.30. The number of aromatic nitrogens is 1. The van der Waals surface area contributed by atoms with Crippen LogP contribution in [0.2, 0.25) is 0 Å². The number of amides is 2. The minimum atomic E-state index is -0.171. The van der Waals surface area contributed by atoms with E-state index in [0.29, 0.717) is 12.1 Å². The molecule has 1 aromatic heterocycles. The number of benzene rings is 1. The smallest absolute Gasteiger partial charge is 0.253 e. The first kappa shape index (κ1) is 14.1. The number of carbonyl (C=O) groups is 2. The largest absolute Gasteiger partial charge is 0.361 e. The molecule has 20 heavy (non-hydrogen) atoms. The Morgan fingerprint density at radius 1 is 1.25 bits per heavy atom. The van der Waals surface area contributed by atoms with Gasteiger partial charge in [0.15, 0.2) is 0 Å². The zero-order valence-electron chi connectivity index (χ0n) is 11.7. The Bertz CT molecular complexity index is 616. The lowest BCUT2D eigenvalue weighted by molar-refractivity contribution is -0.121. The van der Waals surface area contributed by atoms with Crippen LogP contribution in [-0.4, -0.2) is 29.4 Å². The number of para-hydroxylation sites is 1. The predicted octanol–water partition coefficient (Wildman–Crippen LogP) is 1.81. The summed E-state index contributed by atoms with van der Waals surface area (Å²) in [4.78, 5) is 26.6. The highest BCUT2D eigenvalue weighted by Crippen LogP contribution is 2.16. The molecule has 1 aromatic carbocycles. The average Bonchev–Trinajstić information content (AvgIpc) is 2.85. The van der Waals surface area contributed by atoms with Crippen LogP contribution in [0.4, 0.5) is 0 Å². The van der Waals surface area contributed by atoms with Crippen molar-refractivity contribution in [2.45, 2.75) is 26.3 Å². The highest BCUT2D eigenvalue weighted by Gasteiger charge is 2.11. The van der Waals surface area contributed by atoms with Gasteiger partial charge in [-0.25, -0.2) is 0 Å². The second kappa shape index (κ2) is 6.23. The first-order chi connectivity index (χ1) is 9.58. The standard InChI is InChI=1S/C15H19N3O2/c1-10(2)18-13(19)7-9-17-15(20)12-5-3-4-11-6-8-16-14(11)12/h3-6,8,10,16H,7,9H2,1-2H3,(H,17,20)(H,18,19). The third-order valence-electron chi connectivity index (χ3n) is 2.92. The van der Waals surface area contributed by atoms with Crippen molar-refractivity contribution in [3.05, 3.63) is 36.0 Å². The summed E-state index contributed by atoms with van der Waals surface area (Å²) in [6.45, 7) is 4.14. The first-order valence-electron chi connectivity index (χ1n) is 6.71. The minimum absolute atomic E-state index is 0.0571. The molecule has 0 radical (unpaired) electrons. The molecule has 5 heteroatoms. The lowest BCUT2D eigenvalue weighted by atomic mass is 10.1. The number of hydrogen-bond donors (Lipinski definition) is 3. The Labute approximate surface area is 117 Å². The van der Waals surface area contributed by atoms with Crippen molar-refractivity contribution in [3.8, 4) is 0 Å². The lowest BCUT2D eigenvalue weighted by Gasteiger charge is -2.09. The van der Waals surface area contributed by atoms with Crippen LogP contribution in [0.15, 0.2) is 30.5 Å². The van der Waals surface area contributed by atoms with E-state index < -0.39 is 0 Å². The predicted molar refractivity (Wildman–Crippen MR) is 78.5 cm³/mol. The molecule has 2 aromatic rings. The third kappa shape index (κ3) is 3.38. The van der Waals surface area contributed by atoms with Crippen molar-refractivity contribution in [3.63, 3.8) is 0 Å². The first-order valence-corrected chi connectivity index (χ1v) is 6.71. The Balaban J connectivity index is 1.92. The van der Waals surface area contributed by atoms with Gasteiger partial charge in [-0.2, -0.15) is 0 Å². The Kier molecular flexibility index (Phi) is 4.40. The summed E-state index contributed by atoms with van der Waals surface area (Å²) < 4.78 is 0. The normalized spacial score (nSPS) is 10.8. The van der Waals surface area contributed by atoms with Crippen molar-refractivity contribution >= 4 is 22.7 Å². The van der Waals surface area contributed by atoms with Crippen LogP contribution < -0.4 is 10.6 Å². The van der Waals surface area contributed by atoms with Gasteiger partial charge >= 0.3 is 0 Å². The maximum Gasteiger partial charge on any atom is 0.253 e. The van der Waals surface area contributed by atoms with Gasteiger partial charge in [0.1, 0.15) is 0 Å². The molecule has 2 rings (SSSR count). The Morgan fingerprint density at radius 3 is 2.80 bits per heavy atom. The molecule has 0 saturated heterocycles. The van der Waals surface area contributed by atoms with Crippen LogP contribution in [0.3, 0.4) is 0 Å². The molecule has 0 aliphatic carbocycles. The average molecular weight is 273 g/mol. The summed E-state index contributed by atoms with van der Waals surface area (Å²) in [6, 6.07) is 7.59. The summed E-state index contributed by atoms with van der Waals surface area (Å²) in [7, 11) is 0. The van der Waals surface area contributed by atoms with Crippen LogP contribution in [0.5, 0.6) is 0 Å². The van der Waals surface area contributed by atoms with E-state index in [1.165, 1.54) is 0 Å². The quantitative estimate of drug-likeness (QED) is 0.777. The maximum atomic E-state index is 12.1. The third-order valence-corrected chi connectivity index (χ3v) is 2.92. The van der Waals surface area contributed by atoms with Gasteiger partial charge in [-0.1, -0.05) is 12.1 Å². The molecule has 0 aliphatic heterocycles. The monoisotopic (exact) mass is 273 g/mol. The second-order valence-corrected chi connectivity index (χ2v) is 4.98. The van der Waals surface area contributed by atoms with Gasteiger partial charge in [-0.15, -0.1) is 0 Å².